The SMILES string of the molecule is O=C(NCC(O)c1cccc(Cl)c1)Nc1nnc(C2CC2)s1. The summed E-state index contributed by atoms with van der Waals surface area (Å²) >= 11 is 7.26. The van der Waals surface area contributed by atoms with Crippen molar-refractivity contribution in [3.05, 3.63) is 39.9 Å². The smallest absolute Gasteiger partial charge is 0.321 e. The molecule has 1 aromatic carbocycles. The fourth-order valence-electron chi connectivity index (χ4n) is 1.94. The van der Waals surface area contributed by atoms with E-state index >= 15 is 0 Å². The lowest BCUT2D eigenvalue weighted by molar-refractivity contribution is 0.175. The number of hydrogen-bond acceptors (Lipinski definition) is 5. The molecule has 1 heterocycles. The summed E-state index contributed by atoms with van der Waals surface area (Å²) in [6.07, 6.45) is 1.47. The molecule has 116 valence electrons. The minimum atomic E-state index is -0.819. The normalized spacial score (nSPS) is 15.4. The van der Waals surface area contributed by atoms with Crippen LogP contribution in [0.2, 0.25) is 5.02 Å². The van der Waals surface area contributed by atoms with Crippen molar-refractivity contribution in [2.24, 2.45) is 0 Å². The van der Waals surface area contributed by atoms with Crippen LogP contribution in [-0.4, -0.2) is 27.9 Å². The van der Waals surface area contributed by atoms with Crippen molar-refractivity contribution in [1.29, 1.82) is 0 Å². The Morgan fingerprint density at radius 1 is 1.45 bits per heavy atom. The number of aliphatic hydroxyl groups is 1. The van der Waals surface area contributed by atoms with Crippen LogP contribution in [0.3, 0.4) is 0 Å². The number of halogens is 1. The number of carbonyl (C=O) groups excluding carboxylic acids is 1. The molecule has 6 nitrogen and oxygen atoms in total. The number of anilines is 1. The first-order chi connectivity index (χ1) is 10.6. The Morgan fingerprint density at radius 3 is 3.00 bits per heavy atom. The van der Waals surface area contributed by atoms with Gasteiger partial charge in [-0.1, -0.05) is 35.1 Å². The van der Waals surface area contributed by atoms with Gasteiger partial charge in [-0.3, -0.25) is 5.32 Å². The summed E-state index contributed by atoms with van der Waals surface area (Å²) < 4.78 is 0. The first kappa shape index (κ1) is 15.2. The highest BCUT2D eigenvalue weighted by atomic mass is 35.5. The molecule has 8 heteroatoms. The number of amides is 2. The van der Waals surface area contributed by atoms with Crippen molar-refractivity contribution in [1.82, 2.24) is 15.5 Å². The number of urea groups is 1. The summed E-state index contributed by atoms with van der Waals surface area (Å²) in [5.74, 6) is 0.515. The average molecular weight is 339 g/mol. The molecule has 22 heavy (non-hydrogen) atoms. The van der Waals surface area contributed by atoms with Crippen molar-refractivity contribution in [2.45, 2.75) is 24.9 Å². The topological polar surface area (TPSA) is 87.1 Å². The number of aromatic nitrogens is 2. The van der Waals surface area contributed by atoms with Gasteiger partial charge in [-0.2, -0.15) is 0 Å². The average Bonchev–Trinajstić information content (AvgIpc) is 3.25. The van der Waals surface area contributed by atoms with E-state index in [2.05, 4.69) is 20.8 Å². The van der Waals surface area contributed by atoms with Crippen LogP contribution in [0.1, 0.15) is 35.4 Å². The Kier molecular flexibility index (Phi) is 4.56. The highest BCUT2D eigenvalue weighted by molar-refractivity contribution is 7.15. The molecule has 2 aromatic rings. The summed E-state index contributed by atoms with van der Waals surface area (Å²) in [4.78, 5) is 11.8. The van der Waals surface area contributed by atoms with Crippen LogP contribution in [0.4, 0.5) is 9.93 Å². The first-order valence-corrected chi connectivity index (χ1v) is 8.13. The summed E-state index contributed by atoms with van der Waals surface area (Å²) in [5.41, 5.74) is 0.653. The van der Waals surface area contributed by atoms with Gasteiger partial charge in [0.1, 0.15) is 5.01 Å². The first-order valence-electron chi connectivity index (χ1n) is 6.93. The Morgan fingerprint density at radius 2 is 2.27 bits per heavy atom. The molecule has 2 amide bonds. The third-order valence-corrected chi connectivity index (χ3v) is 4.51. The molecule has 1 aromatic heterocycles. The van der Waals surface area contributed by atoms with Gasteiger partial charge in [-0.15, -0.1) is 10.2 Å². The van der Waals surface area contributed by atoms with Crippen molar-refractivity contribution in [2.75, 3.05) is 11.9 Å². The van der Waals surface area contributed by atoms with Crippen LogP contribution in [0.15, 0.2) is 24.3 Å². The Balaban J connectivity index is 1.48. The predicted molar refractivity (Wildman–Crippen MR) is 85.3 cm³/mol. The number of carbonyl (C=O) groups is 1. The second kappa shape index (κ2) is 6.60. The van der Waals surface area contributed by atoms with Gasteiger partial charge in [0.05, 0.1) is 6.10 Å². The van der Waals surface area contributed by atoms with Crippen LogP contribution < -0.4 is 10.6 Å². The van der Waals surface area contributed by atoms with Gasteiger partial charge in [-0.05, 0) is 30.5 Å². The number of rotatable bonds is 5. The standard InChI is InChI=1S/C14H15ClN4O2S/c15-10-3-1-2-9(6-10)11(20)7-16-13(21)17-14-19-18-12(22-14)8-4-5-8/h1-3,6,8,11,20H,4-5,7H2,(H2,16,17,19,21). The zero-order valence-corrected chi connectivity index (χ0v) is 13.2. The van der Waals surface area contributed by atoms with E-state index in [1.54, 1.807) is 24.3 Å². The van der Waals surface area contributed by atoms with Gasteiger partial charge in [0, 0.05) is 17.5 Å². The highest BCUT2D eigenvalue weighted by Gasteiger charge is 2.27. The van der Waals surface area contributed by atoms with Crippen LogP contribution in [-0.2, 0) is 0 Å². The summed E-state index contributed by atoms with van der Waals surface area (Å²) in [5, 5.41) is 25.2. The molecule has 1 aliphatic carbocycles. The molecule has 3 rings (SSSR count). The van der Waals surface area contributed by atoms with Gasteiger partial charge in [0.15, 0.2) is 0 Å². The van der Waals surface area contributed by atoms with Crippen LogP contribution in [0, 0.1) is 0 Å². The van der Waals surface area contributed by atoms with Crippen LogP contribution in [0.5, 0.6) is 0 Å². The van der Waals surface area contributed by atoms with E-state index in [1.165, 1.54) is 11.3 Å². The third-order valence-electron chi connectivity index (χ3n) is 3.28. The van der Waals surface area contributed by atoms with Gasteiger partial charge in [0.2, 0.25) is 5.13 Å². The minimum absolute atomic E-state index is 0.0838. The number of benzene rings is 1. The molecular weight excluding hydrogens is 324 g/mol. The zero-order valence-electron chi connectivity index (χ0n) is 11.6. The number of hydrogen-bond donors (Lipinski definition) is 3. The molecule has 0 saturated heterocycles. The molecule has 0 aliphatic heterocycles. The van der Waals surface area contributed by atoms with Crippen molar-refractivity contribution < 1.29 is 9.90 Å². The fraction of sp³-hybridized carbons (Fsp3) is 0.357. The third kappa shape index (κ3) is 3.94. The van der Waals surface area contributed by atoms with Crippen molar-refractivity contribution in [3.8, 4) is 0 Å². The lowest BCUT2D eigenvalue weighted by atomic mass is 10.1. The van der Waals surface area contributed by atoms with Crippen molar-refractivity contribution >= 4 is 34.1 Å². The van der Waals surface area contributed by atoms with E-state index in [-0.39, 0.29) is 6.54 Å². The summed E-state index contributed by atoms with van der Waals surface area (Å²) in [7, 11) is 0. The van der Waals surface area contributed by atoms with E-state index in [4.69, 9.17) is 11.6 Å². The zero-order chi connectivity index (χ0) is 15.5. The Labute approximate surface area is 136 Å². The molecule has 1 fully saturated rings. The molecular formula is C14H15ClN4O2S. The van der Waals surface area contributed by atoms with E-state index < -0.39 is 12.1 Å². The monoisotopic (exact) mass is 338 g/mol. The molecule has 0 radical (unpaired) electrons. The number of nitrogens with zero attached hydrogens (tertiary/aromatic N) is 2. The van der Waals surface area contributed by atoms with Crippen LogP contribution in [0.25, 0.3) is 0 Å². The van der Waals surface area contributed by atoms with Gasteiger partial charge < -0.3 is 10.4 Å². The maximum absolute atomic E-state index is 11.8. The van der Waals surface area contributed by atoms with Gasteiger partial charge in [0.25, 0.3) is 0 Å². The number of aliphatic hydroxyl groups excluding tert-OH is 1. The van der Waals surface area contributed by atoms with Crippen LogP contribution >= 0.6 is 22.9 Å². The Bertz CT molecular complexity index is 674. The largest absolute Gasteiger partial charge is 0.387 e. The van der Waals surface area contributed by atoms with E-state index in [0.717, 1.165) is 17.8 Å². The molecule has 1 unspecified atom stereocenters. The molecule has 1 atom stereocenters. The lowest BCUT2D eigenvalue weighted by Gasteiger charge is -2.12. The lowest BCUT2D eigenvalue weighted by Crippen LogP contribution is -2.32. The van der Waals surface area contributed by atoms with Crippen molar-refractivity contribution in [3.63, 3.8) is 0 Å². The highest BCUT2D eigenvalue weighted by Crippen LogP contribution is 2.41. The Hall–Kier alpha value is -1.70. The summed E-state index contributed by atoms with van der Waals surface area (Å²) in [6.45, 7) is 0.0838. The van der Waals surface area contributed by atoms with Gasteiger partial charge >= 0.3 is 6.03 Å². The number of nitrogens with one attached hydrogen (secondary N) is 2. The van der Waals surface area contributed by atoms with Gasteiger partial charge in [-0.25, -0.2) is 4.79 Å². The maximum atomic E-state index is 11.8. The maximum Gasteiger partial charge on any atom is 0.321 e. The molecule has 1 saturated carbocycles. The van der Waals surface area contributed by atoms with E-state index in [0.29, 0.717) is 21.6 Å². The molecule has 0 spiro atoms. The quantitative estimate of drug-likeness (QED) is 0.782. The molecule has 1 aliphatic rings. The summed E-state index contributed by atoms with van der Waals surface area (Å²) in [6, 6.07) is 6.48. The second-order valence-corrected chi connectivity index (χ2v) is 6.57. The molecule has 0 bridgehead atoms. The van der Waals surface area contributed by atoms with E-state index in [9.17, 15) is 9.90 Å². The second-order valence-electron chi connectivity index (χ2n) is 5.13. The molecule has 3 N–H and O–H groups in total. The van der Waals surface area contributed by atoms with E-state index in [1.807, 2.05) is 0 Å². The fourth-order valence-corrected chi connectivity index (χ4v) is 3.05. The predicted octanol–water partition coefficient (Wildman–Crippen LogP) is 2.92. The minimum Gasteiger partial charge on any atom is -0.387 e.